The summed E-state index contributed by atoms with van der Waals surface area (Å²) in [5.41, 5.74) is 2.97. The number of hydrogen-bond donors (Lipinski definition) is 2. The Morgan fingerprint density at radius 3 is 2.62 bits per heavy atom. The number of nitrogens with one attached hydrogen (secondary N) is 2. The number of rotatable bonds is 2. The molecule has 1 aromatic carbocycles. The Morgan fingerprint density at radius 2 is 1.92 bits per heavy atom. The van der Waals surface area contributed by atoms with E-state index in [1.54, 1.807) is 11.0 Å². The molecule has 5 nitrogen and oxygen atoms in total. The zero-order valence-electron chi connectivity index (χ0n) is 12.9. The number of alkyl halides is 3. The molecule has 1 aliphatic carbocycles. The van der Waals surface area contributed by atoms with Gasteiger partial charge in [-0.15, -0.1) is 0 Å². The Labute approximate surface area is 136 Å². The largest absolute Gasteiger partial charge is 0.418 e. The Kier molecular flexibility index (Phi) is 3.52. The molecule has 2 heterocycles. The standard InChI is InChI=1S/C16H17F3N4O/c17-16(18,19)12-7-9(14-10-8-11(10)15(24)22-21-14)1-2-13(12)23-5-3-20-4-6-23/h1-2,7,10-11,20H,3-6,8H2,(H,22,24)/t10-,11+/m1/s1. The molecular weight excluding hydrogens is 321 g/mol. The van der Waals surface area contributed by atoms with E-state index in [9.17, 15) is 18.0 Å². The van der Waals surface area contributed by atoms with Gasteiger partial charge < -0.3 is 10.2 Å². The van der Waals surface area contributed by atoms with Gasteiger partial charge in [0.1, 0.15) is 0 Å². The Balaban J connectivity index is 1.72. The molecule has 0 spiro atoms. The molecule has 3 aliphatic rings. The van der Waals surface area contributed by atoms with Gasteiger partial charge >= 0.3 is 6.18 Å². The number of carbonyl (C=O) groups is 1. The van der Waals surface area contributed by atoms with Gasteiger partial charge in [0, 0.05) is 43.7 Å². The first-order chi connectivity index (χ1) is 11.4. The van der Waals surface area contributed by atoms with Gasteiger partial charge in [-0.2, -0.15) is 18.3 Å². The van der Waals surface area contributed by atoms with Gasteiger partial charge in [0.05, 0.1) is 11.3 Å². The summed E-state index contributed by atoms with van der Waals surface area (Å²) in [6.45, 7) is 2.43. The molecule has 24 heavy (non-hydrogen) atoms. The summed E-state index contributed by atoms with van der Waals surface area (Å²) in [6.07, 6.45) is -3.77. The number of amides is 1. The molecule has 4 rings (SSSR count). The lowest BCUT2D eigenvalue weighted by atomic mass is 9.99. The van der Waals surface area contributed by atoms with Gasteiger partial charge in [-0.25, -0.2) is 5.43 Å². The maximum atomic E-state index is 13.6. The molecule has 0 unspecified atom stereocenters. The highest BCUT2D eigenvalue weighted by atomic mass is 19.4. The normalized spacial score (nSPS) is 26.5. The van der Waals surface area contributed by atoms with Crippen molar-refractivity contribution in [1.82, 2.24) is 10.7 Å². The van der Waals surface area contributed by atoms with Crippen LogP contribution in [0.3, 0.4) is 0 Å². The minimum Gasteiger partial charge on any atom is -0.368 e. The van der Waals surface area contributed by atoms with Crippen molar-refractivity contribution in [3.63, 3.8) is 0 Å². The van der Waals surface area contributed by atoms with Crippen LogP contribution < -0.4 is 15.6 Å². The average Bonchev–Trinajstić information content (AvgIpc) is 3.36. The number of anilines is 1. The van der Waals surface area contributed by atoms with Gasteiger partial charge in [-0.1, -0.05) is 6.07 Å². The SMILES string of the molecule is O=C1NN=C(c2ccc(N3CCNCC3)c(C(F)(F)F)c2)[C@@H]2C[C@H]12. The molecule has 0 bridgehead atoms. The van der Waals surface area contributed by atoms with Crippen LogP contribution in [-0.2, 0) is 11.0 Å². The quantitative estimate of drug-likeness (QED) is 0.861. The third-order valence-corrected chi connectivity index (χ3v) is 4.82. The van der Waals surface area contributed by atoms with Gasteiger partial charge in [0.15, 0.2) is 0 Å². The molecule has 2 N–H and O–H groups in total. The molecule has 2 atom stereocenters. The minimum absolute atomic E-state index is 0.0510. The third-order valence-electron chi connectivity index (χ3n) is 4.82. The number of nitrogens with zero attached hydrogens (tertiary/aromatic N) is 2. The molecule has 1 aromatic rings. The van der Waals surface area contributed by atoms with Gasteiger partial charge in [-0.3, -0.25) is 4.79 Å². The average molecular weight is 338 g/mol. The fourth-order valence-corrected chi connectivity index (χ4v) is 3.45. The van der Waals surface area contributed by atoms with E-state index in [0.29, 0.717) is 43.9 Å². The first-order valence-corrected chi connectivity index (χ1v) is 8.00. The molecule has 2 fully saturated rings. The van der Waals surface area contributed by atoms with E-state index >= 15 is 0 Å². The molecule has 128 valence electrons. The zero-order chi connectivity index (χ0) is 16.9. The van der Waals surface area contributed by atoms with Crippen LogP contribution in [0.4, 0.5) is 18.9 Å². The topological polar surface area (TPSA) is 56.7 Å². The van der Waals surface area contributed by atoms with Crippen molar-refractivity contribution in [2.45, 2.75) is 12.6 Å². The summed E-state index contributed by atoms with van der Waals surface area (Å²) in [5, 5.41) is 7.13. The monoisotopic (exact) mass is 338 g/mol. The Morgan fingerprint density at radius 1 is 1.17 bits per heavy atom. The minimum atomic E-state index is -4.43. The van der Waals surface area contributed by atoms with Crippen molar-refractivity contribution in [3.8, 4) is 0 Å². The van der Waals surface area contributed by atoms with Crippen LogP contribution in [0.15, 0.2) is 23.3 Å². The van der Waals surface area contributed by atoms with E-state index in [0.717, 1.165) is 0 Å². The first-order valence-electron chi connectivity index (χ1n) is 8.00. The predicted molar refractivity (Wildman–Crippen MR) is 82.8 cm³/mol. The van der Waals surface area contributed by atoms with Crippen molar-refractivity contribution in [1.29, 1.82) is 0 Å². The van der Waals surface area contributed by atoms with Crippen LogP contribution in [0.25, 0.3) is 0 Å². The number of fused-ring (bicyclic) bond motifs is 1. The van der Waals surface area contributed by atoms with E-state index in [4.69, 9.17) is 0 Å². The second-order valence-electron chi connectivity index (χ2n) is 6.39. The smallest absolute Gasteiger partial charge is 0.368 e. The number of hydrazone groups is 1. The molecule has 1 saturated carbocycles. The lowest BCUT2D eigenvalue weighted by Crippen LogP contribution is -2.44. The van der Waals surface area contributed by atoms with E-state index in [2.05, 4.69) is 15.8 Å². The van der Waals surface area contributed by atoms with Crippen molar-refractivity contribution < 1.29 is 18.0 Å². The van der Waals surface area contributed by atoms with Crippen LogP contribution in [0, 0.1) is 11.8 Å². The second-order valence-corrected chi connectivity index (χ2v) is 6.39. The van der Waals surface area contributed by atoms with Crippen molar-refractivity contribution in [2.24, 2.45) is 16.9 Å². The maximum Gasteiger partial charge on any atom is 0.418 e. The summed E-state index contributed by atoms with van der Waals surface area (Å²) in [4.78, 5) is 13.2. The third kappa shape index (κ3) is 2.64. The van der Waals surface area contributed by atoms with Crippen LogP contribution >= 0.6 is 0 Å². The summed E-state index contributed by atoms with van der Waals surface area (Å²) < 4.78 is 40.7. The van der Waals surface area contributed by atoms with Crippen LogP contribution in [0.2, 0.25) is 0 Å². The lowest BCUT2D eigenvalue weighted by Gasteiger charge is -2.32. The van der Waals surface area contributed by atoms with Crippen LogP contribution in [0.1, 0.15) is 17.5 Å². The van der Waals surface area contributed by atoms with Gasteiger partial charge in [-0.05, 0) is 24.1 Å². The first kappa shape index (κ1) is 15.4. The number of carbonyl (C=O) groups excluding carboxylic acids is 1. The maximum absolute atomic E-state index is 13.6. The van der Waals surface area contributed by atoms with E-state index in [1.165, 1.54) is 12.1 Å². The number of hydrogen-bond acceptors (Lipinski definition) is 4. The van der Waals surface area contributed by atoms with Gasteiger partial charge in [0.25, 0.3) is 0 Å². The fraction of sp³-hybridized carbons (Fsp3) is 0.500. The van der Waals surface area contributed by atoms with Crippen LogP contribution in [0.5, 0.6) is 0 Å². The Hall–Kier alpha value is -2.09. The highest BCUT2D eigenvalue weighted by Gasteiger charge is 2.49. The van der Waals surface area contributed by atoms with Crippen molar-refractivity contribution in [2.75, 3.05) is 31.1 Å². The zero-order valence-corrected chi connectivity index (χ0v) is 12.9. The van der Waals surface area contributed by atoms with E-state index in [1.807, 2.05) is 0 Å². The van der Waals surface area contributed by atoms with Crippen LogP contribution in [-0.4, -0.2) is 37.8 Å². The Bertz CT molecular complexity index is 710. The molecule has 1 amide bonds. The molecule has 2 aliphatic heterocycles. The number of halogens is 3. The summed E-state index contributed by atoms with van der Waals surface area (Å²) in [6, 6.07) is 4.38. The molecule has 0 aromatic heterocycles. The lowest BCUT2D eigenvalue weighted by molar-refractivity contribution is -0.137. The number of piperazine rings is 1. The van der Waals surface area contributed by atoms with E-state index in [-0.39, 0.29) is 23.4 Å². The highest BCUT2D eigenvalue weighted by molar-refractivity contribution is 6.09. The second kappa shape index (κ2) is 5.47. The van der Waals surface area contributed by atoms with Crippen molar-refractivity contribution in [3.05, 3.63) is 29.3 Å². The summed E-state index contributed by atoms with van der Waals surface area (Å²) >= 11 is 0. The summed E-state index contributed by atoms with van der Waals surface area (Å²) in [7, 11) is 0. The van der Waals surface area contributed by atoms with E-state index < -0.39 is 11.7 Å². The molecule has 8 heteroatoms. The molecule has 1 saturated heterocycles. The van der Waals surface area contributed by atoms with Crippen molar-refractivity contribution >= 4 is 17.3 Å². The molecular formula is C16H17F3N4O. The number of benzene rings is 1. The fourth-order valence-electron chi connectivity index (χ4n) is 3.45. The van der Waals surface area contributed by atoms with Gasteiger partial charge in [0.2, 0.25) is 5.91 Å². The highest BCUT2D eigenvalue weighted by Crippen LogP contribution is 2.45. The predicted octanol–water partition coefficient (Wildman–Crippen LogP) is 1.58. The molecule has 0 radical (unpaired) electrons. The summed E-state index contributed by atoms with van der Waals surface area (Å²) in [5.74, 6) is -0.332.